The Morgan fingerprint density at radius 1 is 0.905 bits per heavy atom. The molecule has 1 aromatic rings. The fourth-order valence-corrected chi connectivity index (χ4v) is 6.93. The topological polar surface area (TPSA) is 0 Å². The van der Waals surface area contributed by atoms with Crippen LogP contribution in [-0.4, -0.2) is 0 Å². The van der Waals surface area contributed by atoms with Gasteiger partial charge in [0.15, 0.2) is 0 Å². The van der Waals surface area contributed by atoms with Crippen LogP contribution < -0.4 is 0 Å². The van der Waals surface area contributed by atoms with Gasteiger partial charge in [0.05, 0.1) is 4.47 Å². The minimum atomic E-state index is -0.375. The third-order valence-corrected chi connectivity index (χ3v) is 7.69. The van der Waals surface area contributed by atoms with E-state index in [1.54, 1.807) is 0 Å². The van der Waals surface area contributed by atoms with Crippen molar-refractivity contribution >= 4 is 31.9 Å². The molecule has 0 amide bonds. The van der Waals surface area contributed by atoms with E-state index < -0.39 is 0 Å². The van der Waals surface area contributed by atoms with E-state index in [0.29, 0.717) is 23.3 Å². The molecule has 4 bridgehead atoms. The fraction of sp³-hybridized carbons (Fsp3) is 0.647. The van der Waals surface area contributed by atoms with Crippen LogP contribution in [0.2, 0.25) is 0 Å². The van der Waals surface area contributed by atoms with Gasteiger partial charge in [-0.2, -0.15) is 0 Å². The van der Waals surface area contributed by atoms with E-state index >= 15 is 0 Å². The first kappa shape index (κ1) is 14.6. The molecule has 1 atom stereocenters. The van der Waals surface area contributed by atoms with Crippen molar-refractivity contribution in [2.24, 2.45) is 29.6 Å². The zero-order valence-corrected chi connectivity index (χ0v) is 14.8. The van der Waals surface area contributed by atoms with Crippen molar-refractivity contribution in [3.8, 4) is 0 Å². The Balaban J connectivity index is 1.66. The molecule has 114 valence electrons. The monoisotopic (exact) mass is 418 g/mol. The van der Waals surface area contributed by atoms with E-state index in [9.17, 15) is 8.78 Å². The van der Waals surface area contributed by atoms with Crippen LogP contribution in [0.5, 0.6) is 0 Å². The summed E-state index contributed by atoms with van der Waals surface area (Å²) in [5.41, 5.74) is 0.494. The van der Waals surface area contributed by atoms with E-state index in [4.69, 9.17) is 0 Å². The molecule has 4 fully saturated rings. The van der Waals surface area contributed by atoms with Gasteiger partial charge in [0.25, 0.3) is 0 Å². The summed E-state index contributed by atoms with van der Waals surface area (Å²) in [5, 5.41) is 0. The van der Waals surface area contributed by atoms with Gasteiger partial charge in [-0.15, -0.1) is 0 Å². The SMILES string of the molecule is Fc1cc(C(Br)C2C3CC4CC(C3)CC2C4)c(F)cc1Br. The van der Waals surface area contributed by atoms with Crippen molar-refractivity contribution in [2.75, 3.05) is 0 Å². The van der Waals surface area contributed by atoms with Gasteiger partial charge in [-0.25, -0.2) is 8.78 Å². The zero-order valence-electron chi connectivity index (χ0n) is 11.7. The molecular formula is C17H18Br2F2. The molecule has 0 heterocycles. The molecule has 0 spiro atoms. The first-order chi connectivity index (χ1) is 10.0. The highest BCUT2D eigenvalue weighted by Crippen LogP contribution is 2.61. The van der Waals surface area contributed by atoms with E-state index in [1.165, 1.54) is 44.2 Å². The zero-order chi connectivity index (χ0) is 14.7. The summed E-state index contributed by atoms with van der Waals surface area (Å²) in [5.74, 6) is 2.96. The minimum absolute atomic E-state index is 0.0601. The lowest BCUT2D eigenvalue weighted by Crippen LogP contribution is -2.46. The van der Waals surface area contributed by atoms with Crippen molar-refractivity contribution in [1.82, 2.24) is 0 Å². The largest absolute Gasteiger partial charge is 0.207 e. The van der Waals surface area contributed by atoms with Gasteiger partial charge in [-0.3, -0.25) is 0 Å². The molecule has 5 rings (SSSR count). The molecule has 4 saturated carbocycles. The minimum Gasteiger partial charge on any atom is -0.207 e. The van der Waals surface area contributed by atoms with Crippen molar-refractivity contribution in [1.29, 1.82) is 0 Å². The first-order valence-corrected chi connectivity index (χ1v) is 9.52. The standard InChI is InChI=1S/C17H18Br2F2/c18-13-7-14(20)12(6-15(13)21)17(19)16-10-2-8-1-9(4-10)5-11(16)3-8/h6-11,16-17H,1-5H2. The molecule has 0 saturated heterocycles. The van der Waals surface area contributed by atoms with Gasteiger partial charge in [-0.05, 0) is 89.8 Å². The summed E-state index contributed by atoms with van der Waals surface area (Å²) < 4.78 is 28.3. The highest BCUT2D eigenvalue weighted by molar-refractivity contribution is 9.10. The lowest BCUT2D eigenvalue weighted by Gasteiger charge is -2.55. The summed E-state index contributed by atoms with van der Waals surface area (Å²) in [4.78, 5) is -0.0601. The van der Waals surface area contributed by atoms with E-state index in [1.807, 2.05) is 0 Å². The second-order valence-electron chi connectivity index (χ2n) is 7.20. The van der Waals surface area contributed by atoms with Crippen molar-refractivity contribution in [3.63, 3.8) is 0 Å². The van der Waals surface area contributed by atoms with E-state index in [2.05, 4.69) is 31.9 Å². The van der Waals surface area contributed by atoms with Gasteiger partial charge in [-0.1, -0.05) is 15.9 Å². The molecule has 1 aromatic carbocycles. The molecule has 4 aliphatic carbocycles. The molecule has 0 radical (unpaired) electrons. The molecule has 0 N–H and O–H groups in total. The van der Waals surface area contributed by atoms with Crippen LogP contribution in [0.3, 0.4) is 0 Å². The third-order valence-electron chi connectivity index (χ3n) is 5.97. The summed E-state index contributed by atoms with van der Waals surface area (Å²) in [6.45, 7) is 0. The van der Waals surface area contributed by atoms with Gasteiger partial charge in [0, 0.05) is 10.4 Å². The molecule has 0 aromatic heterocycles. The Morgan fingerprint density at radius 3 is 2.05 bits per heavy atom. The Hall–Kier alpha value is 0.0400. The molecule has 0 nitrogen and oxygen atoms in total. The van der Waals surface area contributed by atoms with E-state index in [-0.39, 0.29) is 20.9 Å². The second kappa shape index (κ2) is 5.30. The summed E-state index contributed by atoms with van der Waals surface area (Å²) >= 11 is 6.78. The molecule has 4 aliphatic rings. The normalized spacial score (nSPS) is 38.8. The van der Waals surface area contributed by atoms with Crippen LogP contribution in [-0.2, 0) is 0 Å². The Bertz CT molecular complexity index is 544. The quantitative estimate of drug-likeness (QED) is 0.393. The molecule has 21 heavy (non-hydrogen) atoms. The summed E-state index contributed by atoms with van der Waals surface area (Å²) in [6, 6.07) is 2.62. The number of halogens is 4. The smallest absolute Gasteiger partial charge is 0.137 e. The summed E-state index contributed by atoms with van der Waals surface area (Å²) in [7, 11) is 0. The first-order valence-electron chi connectivity index (χ1n) is 7.81. The van der Waals surface area contributed by atoms with Gasteiger partial charge < -0.3 is 0 Å². The van der Waals surface area contributed by atoms with Crippen molar-refractivity contribution < 1.29 is 8.78 Å². The van der Waals surface area contributed by atoms with Gasteiger partial charge >= 0.3 is 0 Å². The number of hydrogen-bond acceptors (Lipinski definition) is 0. The highest BCUT2D eigenvalue weighted by atomic mass is 79.9. The molecule has 4 heteroatoms. The maximum atomic E-state index is 14.3. The second-order valence-corrected chi connectivity index (χ2v) is 9.04. The van der Waals surface area contributed by atoms with Crippen LogP contribution in [0.15, 0.2) is 16.6 Å². The Labute approximate surface area is 140 Å². The number of hydrogen-bond donors (Lipinski definition) is 0. The van der Waals surface area contributed by atoms with Crippen LogP contribution in [0, 0.1) is 41.2 Å². The lowest BCUT2D eigenvalue weighted by molar-refractivity contribution is -0.0367. The maximum absolute atomic E-state index is 14.3. The van der Waals surface area contributed by atoms with Crippen LogP contribution in [0.1, 0.15) is 42.5 Å². The molecule has 0 aliphatic heterocycles. The van der Waals surface area contributed by atoms with Crippen LogP contribution in [0.4, 0.5) is 8.78 Å². The fourth-order valence-electron chi connectivity index (χ4n) is 5.40. The third kappa shape index (κ3) is 2.41. The maximum Gasteiger partial charge on any atom is 0.137 e. The van der Waals surface area contributed by atoms with Gasteiger partial charge in [0.2, 0.25) is 0 Å². The lowest BCUT2D eigenvalue weighted by atomic mass is 9.51. The van der Waals surface area contributed by atoms with E-state index in [0.717, 1.165) is 11.8 Å². The average Bonchev–Trinajstić information content (AvgIpc) is 2.41. The Kier molecular flexibility index (Phi) is 3.69. The Morgan fingerprint density at radius 2 is 1.48 bits per heavy atom. The van der Waals surface area contributed by atoms with Crippen LogP contribution in [0.25, 0.3) is 0 Å². The number of benzene rings is 1. The molecule has 1 unspecified atom stereocenters. The van der Waals surface area contributed by atoms with Gasteiger partial charge in [0.1, 0.15) is 11.6 Å². The predicted octanol–water partition coefficient (Wildman–Crippen LogP) is 6.24. The predicted molar refractivity (Wildman–Crippen MR) is 86.3 cm³/mol. The summed E-state index contributed by atoms with van der Waals surface area (Å²) in [6.07, 6.45) is 6.58. The van der Waals surface area contributed by atoms with Crippen molar-refractivity contribution in [3.05, 3.63) is 33.8 Å². The van der Waals surface area contributed by atoms with Crippen LogP contribution >= 0.6 is 31.9 Å². The average molecular weight is 420 g/mol. The molecular weight excluding hydrogens is 402 g/mol. The van der Waals surface area contributed by atoms with Crippen molar-refractivity contribution in [2.45, 2.75) is 36.9 Å². The number of alkyl halides is 1. The highest BCUT2D eigenvalue weighted by Gasteiger charge is 2.50. The number of rotatable bonds is 2.